The maximum atomic E-state index is 11.0. The van der Waals surface area contributed by atoms with Gasteiger partial charge in [0.2, 0.25) is 0 Å². The van der Waals surface area contributed by atoms with E-state index in [0.29, 0.717) is 0 Å². The highest BCUT2D eigenvalue weighted by Crippen LogP contribution is 1.90. The molecule has 0 unspecified atom stereocenters. The fourth-order valence-corrected chi connectivity index (χ4v) is 0.412. The minimum atomic E-state index is -0.549. The molecule has 1 N–H and O–H groups in total. The summed E-state index contributed by atoms with van der Waals surface area (Å²) in [7, 11) is 6.39. The van der Waals surface area contributed by atoms with Crippen molar-refractivity contribution >= 4 is 11.8 Å². The van der Waals surface area contributed by atoms with Gasteiger partial charge < -0.3 is 5.32 Å². The molecule has 4 nitrogen and oxygen atoms in total. The van der Waals surface area contributed by atoms with Crippen molar-refractivity contribution in [1.29, 1.82) is 0 Å². The van der Waals surface area contributed by atoms with Gasteiger partial charge in [0.25, 0.3) is 0 Å². The molecule has 0 heterocycles. The van der Waals surface area contributed by atoms with Crippen molar-refractivity contribution in [1.82, 2.24) is 5.32 Å². The molecule has 0 fully saturated rings. The topological polar surface area (TPSA) is 46.2 Å². The van der Waals surface area contributed by atoms with E-state index in [2.05, 4.69) is 5.32 Å². The Morgan fingerprint density at radius 1 is 1.20 bits per heavy atom. The summed E-state index contributed by atoms with van der Waals surface area (Å²) >= 11 is 0. The van der Waals surface area contributed by atoms with Crippen LogP contribution >= 0.6 is 0 Å². The summed E-state index contributed by atoms with van der Waals surface area (Å²) in [6, 6.07) is 0. The van der Waals surface area contributed by atoms with E-state index in [0.717, 1.165) is 0 Å². The first-order chi connectivity index (χ1) is 4.39. The molecule has 0 rings (SSSR count). The number of likely N-dealkylation sites (N-methyl/N-ethyl adjacent to an activating group) is 2. The summed E-state index contributed by atoms with van der Waals surface area (Å²) in [6.07, 6.45) is 0. The molecule has 0 aliphatic carbocycles. The van der Waals surface area contributed by atoms with E-state index in [1.807, 2.05) is 0 Å². The predicted molar refractivity (Wildman–Crippen MR) is 37.1 cm³/mol. The van der Waals surface area contributed by atoms with Crippen molar-refractivity contribution < 1.29 is 14.1 Å². The molecule has 0 aliphatic rings. The molecule has 0 saturated carbocycles. The van der Waals surface area contributed by atoms with Crippen molar-refractivity contribution in [3.63, 3.8) is 0 Å². The third-order valence-electron chi connectivity index (χ3n) is 1.03. The number of carbonyl (C=O) groups excluding carboxylic acids is 2. The molecular weight excluding hydrogens is 132 g/mol. The lowest BCUT2D eigenvalue weighted by Gasteiger charge is -2.18. The standard InChI is InChI=1S/C6H12N2O2/c1-7-5(9)6(10)8(2,3)4/h1-4H3/p+1. The molecule has 10 heavy (non-hydrogen) atoms. The molecule has 0 aromatic carbocycles. The van der Waals surface area contributed by atoms with Crippen LogP contribution in [0.4, 0.5) is 0 Å². The molecule has 0 radical (unpaired) electrons. The molecule has 58 valence electrons. The average molecular weight is 145 g/mol. The van der Waals surface area contributed by atoms with Gasteiger partial charge in [0.05, 0.1) is 21.1 Å². The molecule has 0 atom stereocenters. The van der Waals surface area contributed by atoms with Crippen molar-refractivity contribution in [3.05, 3.63) is 0 Å². The summed E-state index contributed by atoms with van der Waals surface area (Å²) in [5.74, 6) is -0.991. The molecule has 4 heteroatoms. The van der Waals surface area contributed by atoms with E-state index in [1.54, 1.807) is 21.1 Å². The van der Waals surface area contributed by atoms with Gasteiger partial charge in [-0.25, -0.2) is 4.79 Å². The minimum absolute atomic E-state index is 0.0275. The van der Waals surface area contributed by atoms with E-state index >= 15 is 0 Å². The van der Waals surface area contributed by atoms with Crippen molar-refractivity contribution in [3.8, 4) is 0 Å². The lowest BCUT2D eigenvalue weighted by atomic mass is 10.4. The number of hydrogen-bond acceptors (Lipinski definition) is 2. The average Bonchev–Trinajstić information content (AvgIpc) is 1.83. The summed E-state index contributed by atoms with van der Waals surface area (Å²) in [6.45, 7) is 0. The van der Waals surface area contributed by atoms with E-state index in [-0.39, 0.29) is 4.48 Å². The SMILES string of the molecule is CNC(=O)C(=O)[N+](C)(C)C. The number of nitrogens with zero attached hydrogens (tertiary/aromatic N) is 1. The van der Waals surface area contributed by atoms with E-state index in [1.165, 1.54) is 7.05 Å². The molecule has 0 aliphatic heterocycles. The van der Waals surface area contributed by atoms with Gasteiger partial charge in [0, 0.05) is 7.05 Å². The van der Waals surface area contributed by atoms with Crippen molar-refractivity contribution in [2.24, 2.45) is 0 Å². The van der Waals surface area contributed by atoms with Gasteiger partial charge in [-0.15, -0.1) is 0 Å². The fraction of sp³-hybridized carbons (Fsp3) is 0.667. The largest absolute Gasteiger partial charge is 0.402 e. The summed E-state index contributed by atoms with van der Waals surface area (Å²) in [5, 5.41) is 2.27. The van der Waals surface area contributed by atoms with Gasteiger partial charge in [-0.1, -0.05) is 0 Å². The Bertz CT molecular complexity index is 158. The predicted octanol–water partition coefficient (Wildman–Crippen LogP) is -1.03. The van der Waals surface area contributed by atoms with Gasteiger partial charge in [-0.2, -0.15) is 0 Å². The molecule has 0 aromatic heterocycles. The number of hydrogen-bond donors (Lipinski definition) is 1. The van der Waals surface area contributed by atoms with Crippen molar-refractivity contribution in [2.45, 2.75) is 0 Å². The lowest BCUT2D eigenvalue weighted by Crippen LogP contribution is -2.49. The van der Waals surface area contributed by atoms with Gasteiger partial charge in [-0.3, -0.25) is 9.28 Å². The molecule has 0 saturated heterocycles. The third kappa shape index (κ3) is 2.14. The Morgan fingerprint density at radius 2 is 1.60 bits per heavy atom. The molecule has 0 bridgehead atoms. The number of amides is 2. The second-order valence-electron chi connectivity index (χ2n) is 2.90. The molecule has 2 amide bonds. The normalized spacial score (nSPS) is 10.8. The first-order valence-corrected chi connectivity index (χ1v) is 2.97. The molecule has 0 aromatic rings. The smallest absolute Gasteiger partial charge is 0.347 e. The van der Waals surface area contributed by atoms with E-state index in [4.69, 9.17) is 0 Å². The van der Waals surface area contributed by atoms with Crippen LogP contribution in [0.15, 0.2) is 0 Å². The monoisotopic (exact) mass is 145 g/mol. The van der Waals surface area contributed by atoms with Crippen LogP contribution in [0.1, 0.15) is 0 Å². The van der Waals surface area contributed by atoms with Gasteiger partial charge in [0.15, 0.2) is 0 Å². The number of carbonyl (C=O) groups is 2. The highest BCUT2D eigenvalue weighted by atomic mass is 16.2. The Hall–Kier alpha value is -0.900. The van der Waals surface area contributed by atoms with Crippen LogP contribution in [0.25, 0.3) is 0 Å². The second kappa shape index (κ2) is 2.79. The van der Waals surface area contributed by atoms with Crippen LogP contribution in [-0.2, 0) is 9.59 Å². The van der Waals surface area contributed by atoms with Crippen LogP contribution in [-0.4, -0.2) is 44.5 Å². The zero-order chi connectivity index (χ0) is 8.36. The summed E-state index contributed by atoms with van der Waals surface area (Å²) in [4.78, 5) is 21.6. The quantitative estimate of drug-likeness (QED) is 0.350. The maximum Gasteiger partial charge on any atom is 0.402 e. The fourth-order valence-electron chi connectivity index (χ4n) is 0.412. The Kier molecular flexibility index (Phi) is 2.54. The molecular formula is C6H13N2O2+. The molecule has 0 spiro atoms. The van der Waals surface area contributed by atoms with Gasteiger partial charge >= 0.3 is 11.8 Å². The third-order valence-corrected chi connectivity index (χ3v) is 1.03. The number of quaternary nitrogens is 1. The Balaban J connectivity index is 4.24. The van der Waals surface area contributed by atoms with Crippen LogP contribution in [0.5, 0.6) is 0 Å². The van der Waals surface area contributed by atoms with Crippen LogP contribution in [0.2, 0.25) is 0 Å². The zero-order valence-corrected chi connectivity index (χ0v) is 6.76. The highest BCUT2D eigenvalue weighted by Gasteiger charge is 2.27. The maximum absolute atomic E-state index is 11.0. The van der Waals surface area contributed by atoms with E-state index < -0.39 is 11.8 Å². The van der Waals surface area contributed by atoms with Gasteiger partial charge in [-0.05, 0) is 0 Å². The van der Waals surface area contributed by atoms with E-state index in [9.17, 15) is 9.59 Å². The summed E-state index contributed by atoms with van der Waals surface area (Å²) < 4.78 is 0.0275. The zero-order valence-electron chi connectivity index (χ0n) is 6.76. The first kappa shape index (κ1) is 9.10. The summed E-state index contributed by atoms with van der Waals surface area (Å²) in [5.41, 5.74) is 0. The second-order valence-corrected chi connectivity index (χ2v) is 2.90. The first-order valence-electron chi connectivity index (χ1n) is 2.97. The number of rotatable bonds is 0. The van der Waals surface area contributed by atoms with Crippen molar-refractivity contribution in [2.75, 3.05) is 28.2 Å². The van der Waals surface area contributed by atoms with Crippen LogP contribution in [0, 0.1) is 0 Å². The van der Waals surface area contributed by atoms with Gasteiger partial charge in [0.1, 0.15) is 0 Å². The minimum Gasteiger partial charge on any atom is -0.347 e. The van der Waals surface area contributed by atoms with Crippen LogP contribution in [0.3, 0.4) is 0 Å². The Labute approximate surface area is 60.4 Å². The van der Waals surface area contributed by atoms with Crippen LogP contribution < -0.4 is 5.32 Å². The lowest BCUT2D eigenvalue weighted by molar-refractivity contribution is -0.788. The Morgan fingerprint density at radius 3 is 1.70 bits per heavy atom. The highest BCUT2D eigenvalue weighted by molar-refractivity contribution is 6.31. The number of nitrogens with one attached hydrogen (secondary N) is 1.